The van der Waals surface area contributed by atoms with Crippen molar-refractivity contribution < 1.29 is 9.47 Å². The number of ether oxygens (including phenoxy) is 2. The third-order valence-electron chi connectivity index (χ3n) is 1.52. The fourth-order valence-corrected chi connectivity index (χ4v) is 1.02. The van der Waals surface area contributed by atoms with Gasteiger partial charge in [-0.15, -0.1) is 0 Å². The SMILES string of the molecule is CCOC1=CC(=N)OC1(C)C. The molecule has 1 heterocycles. The largest absolute Gasteiger partial charge is 0.494 e. The minimum Gasteiger partial charge on any atom is -0.494 e. The van der Waals surface area contributed by atoms with E-state index in [1.165, 1.54) is 0 Å². The highest BCUT2D eigenvalue weighted by Gasteiger charge is 2.33. The van der Waals surface area contributed by atoms with Crippen molar-refractivity contribution in [2.24, 2.45) is 0 Å². The van der Waals surface area contributed by atoms with E-state index < -0.39 is 5.60 Å². The van der Waals surface area contributed by atoms with Crippen LogP contribution < -0.4 is 0 Å². The second kappa shape index (κ2) is 2.57. The fourth-order valence-electron chi connectivity index (χ4n) is 1.02. The van der Waals surface area contributed by atoms with E-state index in [1.54, 1.807) is 6.08 Å². The van der Waals surface area contributed by atoms with Gasteiger partial charge in [0.2, 0.25) is 5.90 Å². The topological polar surface area (TPSA) is 42.3 Å². The van der Waals surface area contributed by atoms with E-state index in [4.69, 9.17) is 14.9 Å². The molecule has 0 fully saturated rings. The van der Waals surface area contributed by atoms with E-state index in [0.29, 0.717) is 6.61 Å². The first-order chi connectivity index (χ1) is 5.06. The van der Waals surface area contributed by atoms with Crippen LogP contribution in [-0.2, 0) is 9.47 Å². The Morgan fingerprint density at radius 3 is 2.64 bits per heavy atom. The highest BCUT2D eigenvalue weighted by atomic mass is 16.6. The zero-order valence-corrected chi connectivity index (χ0v) is 7.10. The molecule has 3 nitrogen and oxygen atoms in total. The average Bonchev–Trinajstić information content (AvgIpc) is 2.07. The van der Waals surface area contributed by atoms with E-state index in [1.807, 2.05) is 20.8 Å². The van der Waals surface area contributed by atoms with Gasteiger partial charge >= 0.3 is 0 Å². The molecule has 0 spiro atoms. The molecule has 1 aliphatic rings. The fraction of sp³-hybridized carbons (Fsp3) is 0.625. The molecular weight excluding hydrogens is 142 g/mol. The first kappa shape index (κ1) is 8.11. The Kier molecular flexibility index (Phi) is 1.89. The molecule has 1 aliphatic heterocycles. The number of hydrogen-bond donors (Lipinski definition) is 1. The van der Waals surface area contributed by atoms with Gasteiger partial charge in [0.05, 0.1) is 6.61 Å². The van der Waals surface area contributed by atoms with Gasteiger partial charge in [0.25, 0.3) is 0 Å². The van der Waals surface area contributed by atoms with Crippen LogP contribution >= 0.6 is 0 Å². The van der Waals surface area contributed by atoms with E-state index in [-0.39, 0.29) is 5.90 Å². The third-order valence-corrected chi connectivity index (χ3v) is 1.52. The standard InChI is InChI=1S/C8H13NO2/c1-4-10-6-5-7(9)11-8(6,2)3/h5,9H,4H2,1-3H3. The van der Waals surface area contributed by atoms with Crippen LogP contribution in [0.25, 0.3) is 0 Å². The van der Waals surface area contributed by atoms with Crippen LogP contribution in [0.1, 0.15) is 20.8 Å². The molecule has 0 saturated carbocycles. The Morgan fingerprint density at radius 2 is 2.27 bits per heavy atom. The quantitative estimate of drug-likeness (QED) is 0.659. The normalized spacial score (nSPS) is 21.0. The molecule has 0 aromatic rings. The van der Waals surface area contributed by atoms with Crippen molar-refractivity contribution in [1.82, 2.24) is 0 Å². The van der Waals surface area contributed by atoms with Crippen LogP contribution in [-0.4, -0.2) is 18.1 Å². The predicted molar refractivity (Wildman–Crippen MR) is 42.6 cm³/mol. The Balaban J connectivity index is 2.75. The van der Waals surface area contributed by atoms with Crippen molar-refractivity contribution in [3.8, 4) is 0 Å². The maximum absolute atomic E-state index is 7.23. The van der Waals surface area contributed by atoms with Crippen LogP contribution in [0, 0.1) is 5.41 Å². The summed E-state index contributed by atoms with van der Waals surface area (Å²) in [6, 6.07) is 0. The van der Waals surface area contributed by atoms with Crippen molar-refractivity contribution in [1.29, 1.82) is 5.41 Å². The van der Waals surface area contributed by atoms with Crippen LogP contribution in [0.15, 0.2) is 11.8 Å². The van der Waals surface area contributed by atoms with Gasteiger partial charge in [-0.25, -0.2) is 0 Å². The molecule has 1 rings (SSSR count). The first-order valence-electron chi connectivity index (χ1n) is 3.69. The second-order valence-electron chi connectivity index (χ2n) is 2.92. The molecule has 11 heavy (non-hydrogen) atoms. The van der Waals surface area contributed by atoms with Crippen molar-refractivity contribution in [3.63, 3.8) is 0 Å². The molecule has 1 N–H and O–H groups in total. The monoisotopic (exact) mass is 155 g/mol. The Morgan fingerprint density at radius 1 is 1.64 bits per heavy atom. The molecule has 0 radical (unpaired) electrons. The molecule has 0 aromatic carbocycles. The lowest BCUT2D eigenvalue weighted by molar-refractivity contribution is 0.0696. The molecule has 0 aromatic heterocycles. The van der Waals surface area contributed by atoms with Crippen molar-refractivity contribution >= 4 is 5.90 Å². The number of nitrogens with one attached hydrogen (secondary N) is 1. The maximum atomic E-state index is 7.23. The molecule has 0 aliphatic carbocycles. The van der Waals surface area contributed by atoms with E-state index >= 15 is 0 Å². The molecule has 3 heteroatoms. The number of rotatable bonds is 2. The van der Waals surface area contributed by atoms with Gasteiger partial charge in [0.15, 0.2) is 5.60 Å². The summed E-state index contributed by atoms with van der Waals surface area (Å²) >= 11 is 0. The van der Waals surface area contributed by atoms with Gasteiger partial charge < -0.3 is 9.47 Å². The summed E-state index contributed by atoms with van der Waals surface area (Å²) < 4.78 is 10.5. The lowest BCUT2D eigenvalue weighted by Gasteiger charge is -2.21. The van der Waals surface area contributed by atoms with Gasteiger partial charge in [-0.1, -0.05) is 0 Å². The van der Waals surface area contributed by atoms with Gasteiger partial charge in [-0.2, -0.15) is 0 Å². The molecular formula is C8H13NO2. The van der Waals surface area contributed by atoms with E-state index in [9.17, 15) is 0 Å². The van der Waals surface area contributed by atoms with Crippen LogP contribution in [0.2, 0.25) is 0 Å². The lowest BCUT2D eigenvalue weighted by Crippen LogP contribution is -2.24. The minimum atomic E-state index is -0.451. The van der Waals surface area contributed by atoms with Gasteiger partial charge in [-0.3, -0.25) is 5.41 Å². The summed E-state index contributed by atoms with van der Waals surface area (Å²) in [5, 5.41) is 7.23. The summed E-state index contributed by atoms with van der Waals surface area (Å²) in [7, 11) is 0. The highest BCUT2D eigenvalue weighted by Crippen LogP contribution is 2.27. The smallest absolute Gasteiger partial charge is 0.210 e. The minimum absolute atomic E-state index is 0.179. The Labute approximate surface area is 66.5 Å². The van der Waals surface area contributed by atoms with Crippen molar-refractivity contribution in [2.75, 3.05) is 6.61 Å². The molecule has 0 unspecified atom stereocenters. The summed E-state index contributed by atoms with van der Waals surface area (Å²) in [5.74, 6) is 0.920. The van der Waals surface area contributed by atoms with Crippen LogP contribution in [0.5, 0.6) is 0 Å². The van der Waals surface area contributed by atoms with Crippen molar-refractivity contribution in [2.45, 2.75) is 26.4 Å². The van der Waals surface area contributed by atoms with Crippen molar-refractivity contribution in [3.05, 3.63) is 11.8 Å². The molecule has 0 bridgehead atoms. The first-order valence-corrected chi connectivity index (χ1v) is 3.69. The summed E-state index contributed by atoms with van der Waals surface area (Å²) in [6.45, 7) is 6.30. The summed E-state index contributed by atoms with van der Waals surface area (Å²) in [4.78, 5) is 0. The van der Waals surface area contributed by atoms with Crippen LogP contribution in [0.3, 0.4) is 0 Å². The lowest BCUT2D eigenvalue weighted by atomic mass is 10.1. The summed E-state index contributed by atoms with van der Waals surface area (Å²) in [6.07, 6.45) is 1.61. The molecule has 0 atom stereocenters. The Hall–Kier alpha value is -0.990. The molecule has 0 amide bonds. The average molecular weight is 155 g/mol. The van der Waals surface area contributed by atoms with Gasteiger partial charge in [0.1, 0.15) is 5.76 Å². The van der Waals surface area contributed by atoms with E-state index in [2.05, 4.69) is 0 Å². The second-order valence-corrected chi connectivity index (χ2v) is 2.92. The maximum Gasteiger partial charge on any atom is 0.210 e. The third kappa shape index (κ3) is 1.53. The summed E-state index contributed by atoms with van der Waals surface area (Å²) in [5.41, 5.74) is -0.451. The number of hydrogen-bond acceptors (Lipinski definition) is 3. The van der Waals surface area contributed by atoms with Crippen LogP contribution in [0.4, 0.5) is 0 Å². The zero-order chi connectivity index (χ0) is 8.48. The Bertz CT molecular complexity index is 206. The highest BCUT2D eigenvalue weighted by molar-refractivity contribution is 5.88. The van der Waals surface area contributed by atoms with Gasteiger partial charge in [0, 0.05) is 6.08 Å². The molecule has 62 valence electrons. The zero-order valence-electron chi connectivity index (χ0n) is 7.10. The predicted octanol–water partition coefficient (Wildman–Crippen LogP) is 1.69. The van der Waals surface area contributed by atoms with Gasteiger partial charge in [-0.05, 0) is 20.8 Å². The van der Waals surface area contributed by atoms with E-state index in [0.717, 1.165) is 5.76 Å². The molecule has 0 saturated heterocycles.